The molecule has 3 aromatic carbocycles. The highest BCUT2D eigenvalue weighted by molar-refractivity contribution is 7.99. The largest absolute Gasteiger partial charge is 0.497 e. The molecule has 0 aromatic heterocycles. The Morgan fingerprint density at radius 3 is 2.20 bits per heavy atom. The van der Waals surface area contributed by atoms with Gasteiger partial charge in [0.25, 0.3) is 0 Å². The lowest BCUT2D eigenvalue weighted by atomic mass is 10.2. The molecule has 0 aliphatic carbocycles. The minimum atomic E-state index is -4.47. The zero-order chi connectivity index (χ0) is 21.7. The van der Waals surface area contributed by atoms with E-state index in [4.69, 9.17) is 25.8 Å². The van der Waals surface area contributed by atoms with Crippen molar-refractivity contribution in [2.24, 2.45) is 0 Å². The van der Waals surface area contributed by atoms with E-state index in [2.05, 4.69) is 0 Å². The lowest BCUT2D eigenvalue weighted by Crippen LogP contribution is -2.04. The molecule has 30 heavy (non-hydrogen) atoms. The molecule has 3 rings (SSSR count). The van der Waals surface area contributed by atoms with Crippen molar-refractivity contribution in [1.29, 1.82) is 0 Å². The van der Waals surface area contributed by atoms with Gasteiger partial charge in [-0.25, -0.2) is 0 Å². The number of hydrogen-bond acceptors (Lipinski definition) is 4. The first-order valence-electron chi connectivity index (χ1n) is 8.93. The van der Waals surface area contributed by atoms with Gasteiger partial charge in [0, 0.05) is 11.0 Å². The molecule has 0 spiro atoms. The standard InChI is InChI=1S/C22H18ClF3O3S/c1-3-28-20-13-16(29-19-10-4-14(12-18(19)23)22(24,25)26)7-11-21(20)30-17-8-5-15(27-2)6-9-17/h4-13H,3H2,1-2H3. The summed E-state index contributed by atoms with van der Waals surface area (Å²) in [5.41, 5.74) is -0.832. The van der Waals surface area contributed by atoms with Crippen LogP contribution in [0.2, 0.25) is 5.02 Å². The Balaban J connectivity index is 1.82. The molecule has 0 radical (unpaired) electrons. The van der Waals surface area contributed by atoms with Crippen LogP contribution >= 0.6 is 23.4 Å². The van der Waals surface area contributed by atoms with Crippen molar-refractivity contribution in [1.82, 2.24) is 0 Å². The summed E-state index contributed by atoms with van der Waals surface area (Å²) < 4.78 is 55.0. The highest BCUT2D eigenvalue weighted by atomic mass is 35.5. The van der Waals surface area contributed by atoms with Gasteiger partial charge in [0.15, 0.2) is 0 Å². The van der Waals surface area contributed by atoms with Gasteiger partial charge < -0.3 is 14.2 Å². The molecule has 0 unspecified atom stereocenters. The van der Waals surface area contributed by atoms with E-state index in [0.29, 0.717) is 18.1 Å². The SMILES string of the molecule is CCOc1cc(Oc2ccc(C(F)(F)F)cc2Cl)ccc1Sc1ccc(OC)cc1. The van der Waals surface area contributed by atoms with Gasteiger partial charge in [-0.1, -0.05) is 23.4 Å². The van der Waals surface area contributed by atoms with Crippen LogP contribution in [0.25, 0.3) is 0 Å². The fourth-order valence-electron chi connectivity index (χ4n) is 2.56. The van der Waals surface area contributed by atoms with Crippen molar-refractivity contribution in [3.8, 4) is 23.0 Å². The zero-order valence-corrected chi connectivity index (χ0v) is 17.7. The third-order valence-corrected chi connectivity index (χ3v) is 5.35. The summed E-state index contributed by atoms with van der Waals surface area (Å²) in [6.45, 7) is 2.31. The molecule has 0 aliphatic rings. The monoisotopic (exact) mass is 454 g/mol. The molecule has 3 nitrogen and oxygen atoms in total. The number of hydrogen-bond donors (Lipinski definition) is 0. The second-order valence-electron chi connectivity index (χ2n) is 6.06. The highest BCUT2D eigenvalue weighted by Crippen LogP contribution is 2.40. The second kappa shape index (κ2) is 9.53. The van der Waals surface area contributed by atoms with E-state index in [0.717, 1.165) is 27.7 Å². The van der Waals surface area contributed by atoms with Crippen molar-refractivity contribution in [3.63, 3.8) is 0 Å². The van der Waals surface area contributed by atoms with Crippen molar-refractivity contribution < 1.29 is 27.4 Å². The molecular weight excluding hydrogens is 437 g/mol. The summed E-state index contributed by atoms with van der Waals surface area (Å²) in [6, 6.07) is 15.8. The molecule has 0 N–H and O–H groups in total. The fraction of sp³-hybridized carbons (Fsp3) is 0.182. The molecule has 0 bridgehead atoms. The molecule has 0 amide bonds. The average molecular weight is 455 g/mol. The van der Waals surface area contributed by atoms with E-state index in [9.17, 15) is 13.2 Å². The Morgan fingerprint density at radius 1 is 0.900 bits per heavy atom. The van der Waals surface area contributed by atoms with Gasteiger partial charge in [0.05, 0.1) is 29.2 Å². The van der Waals surface area contributed by atoms with Crippen LogP contribution in [0.5, 0.6) is 23.0 Å². The predicted molar refractivity (Wildman–Crippen MR) is 111 cm³/mol. The Bertz CT molecular complexity index is 1010. The van der Waals surface area contributed by atoms with Crippen LogP contribution in [-0.2, 0) is 6.18 Å². The summed E-state index contributed by atoms with van der Waals surface area (Å²) in [6.07, 6.45) is -4.47. The van der Waals surface area contributed by atoms with Crippen LogP contribution in [-0.4, -0.2) is 13.7 Å². The molecule has 0 atom stereocenters. The van der Waals surface area contributed by atoms with Gasteiger partial charge in [0.2, 0.25) is 0 Å². The highest BCUT2D eigenvalue weighted by Gasteiger charge is 2.31. The maximum absolute atomic E-state index is 12.8. The lowest BCUT2D eigenvalue weighted by Gasteiger charge is -2.14. The number of halogens is 4. The number of ether oxygens (including phenoxy) is 3. The van der Waals surface area contributed by atoms with E-state index in [1.165, 1.54) is 17.8 Å². The van der Waals surface area contributed by atoms with Crippen molar-refractivity contribution >= 4 is 23.4 Å². The minimum Gasteiger partial charge on any atom is -0.497 e. The molecule has 0 fully saturated rings. The van der Waals surface area contributed by atoms with Crippen LogP contribution in [0.3, 0.4) is 0 Å². The maximum Gasteiger partial charge on any atom is 0.416 e. The van der Waals surface area contributed by atoms with Crippen LogP contribution in [0.4, 0.5) is 13.2 Å². The first-order chi connectivity index (χ1) is 14.3. The van der Waals surface area contributed by atoms with Crippen LogP contribution in [0, 0.1) is 0 Å². The van der Waals surface area contributed by atoms with Crippen LogP contribution in [0.1, 0.15) is 12.5 Å². The van der Waals surface area contributed by atoms with Crippen molar-refractivity contribution in [3.05, 3.63) is 71.2 Å². The minimum absolute atomic E-state index is 0.125. The fourth-order valence-corrected chi connectivity index (χ4v) is 3.66. The first-order valence-corrected chi connectivity index (χ1v) is 10.1. The summed E-state index contributed by atoms with van der Waals surface area (Å²) in [7, 11) is 1.61. The first kappa shape index (κ1) is 22.2. The van der Waals surface area contributed by atoms with Crippen molar-refractivity contribution in [2.45, 2.75) is 22.9 Å². The average Bonchev–Trinajstić information content (AvgIpc) is 2.71. The van der Waals surface area contributed by atoms with E-state index in [1.807, 2.05) is 37.3 Å². The van der Waals surface area contributed by atoms with Crippen molar-refractivity contribution in [2.75, 3.05) is 13.7 Å². The molecule has 3 aromatic rings. The van der Waals surface area contributed by atoms with Crippen LogP contribution in [0.15, 0.2) is 70.5 Å². The Morgan fingerprint density at radius 2 is 1.60 bits per heavy atom. The summed E-state index contributed by atoms with van der Waals surface area (Å²) in [5, 5.41) is -0.125. The molecule has 0 saturated carbocycles. The predicted octanol–water partition coefficient (Wildman–Crippen LogP) is 7.71. The second-order valence-corrected chi connectivity index (χ2v) is 7.59. The van der Waals surface area contributed by atoms with E-state index >= 15 is 0 Å². The number of alkyl halides is 3. The number of methoxy groups -OCH3 is 1. The van der Waals surface area contributed by atoms with Crippen LogP contribution < -0.4 is 14.2 Å². The maximum atomic E-state index is 12.8. The third kappa shape index (κ3) is 5.55. The van der Waals surface area contributed by atoms with E-state index in [1.54, 1.807) is 19.2 Å². The normalized spacial score (nSPS) is 11.3. The Kier molecular flexibility index (Phi) is 7.05. The smallest absolute Gasteiger partial charge is 0.416 e. The van der Waals surface area contributed by atoms with Gasteiger partial charge in [-0.3, -0.25) is 0 Å². The van der Waals surface area contributed by atoms with Gasteiger partial charge in [-0.2, -0.15) is 13.2 Å². The quantitative estimate of drug-likeness (QED) is 0.365. The molecule has 158 valence electrons. The Hall–Kier alpha value is -2.51. The molecule has 0 aliphatic heterocycles. The van der Waals surface area contributed by atoms with Gasteiger partial charge >= 0.3 is 6.18 Å². The van der Waals surface area contributed by atoms with Gasteiger partial charge in [0.1, 0.15) is 23.0 Å². The molecule has 0 saturated heterocycles. The third-order valence-electron chi connectivity index (χ3n) is 3.99. The summed E-state index contributed by atoms with van der Waals surface area (Å²) in [4.78, 5) is 1.86. The van der Waals surface area contributed by atoms with E-state index in [-0.39, 0.29) is 10.8 Å². The summed E-state index contributed by atoms with van der Waals surface area (Å²) in [5.74, 6) is 1.89. The topological polar surface area (TPSA) is 27.7 Å². The van der Waals surface area contributed by atoms with Gasteiger partial charge in [-0.15, -0.1) is 0 Å². The summed E-state index contributed by atoms with van der Waals surface area (Å²) >= 11 is 7.49. The van der Waals surface area contributed by atoms with Gasteiger partial charge in [-0.05, 0) is 61.5 Å². The Labute approximate surface area is 181 Å². The van der Waals surface area contributed by atoms with E-state index < -0.39 is 11.7 Å². The lowest BCUT2D eigenvalue weighted by molar-refractivity contribution is -0.137. The molecular formula is C22H18ClF3O3S. The number of benzene rings is 3. The number of rotatable bonds is 7. The zero-order valence-electron chi connectivity index (χ0n) is 16.1. The molecule has 8 heteroatoms. The molecule has 0 heterocycles.